The lowest BCUT2D eigenvalue weighted by molar-refractivity contribution is -0.389. The van der Waals surface area contributed by atoms with Gasteiger partial charge >= 0.3 is 5.82 Å². The molecule has 4 rings (SSSR count). The van der Waals surface area contributed by atoms with E-state index in [2.05, 4.69) is 9.97 Å². The highest BCUT2D eigenvalue weighted by Gasteiger charge is 2.07. The Hall–Kier alpha value is -4.46. The lowest BCUT2D eigenvalue weighted by atomic mass is 10.3. The normalized spacial score (nSPS) is 9.73. The average molecular weight is 402 g/mol. The Morgan fingerprint density at radius 1 is 0.667 bits per heavy atom. The summed E-state index contributed by atoms with van der Waals surface area (Å²) in [5.41, 5.74) is 5.45. The van der Waals surface area contributed by atoms with Crippen LogP contribution in [0.15, 0.2) is 97.3 Å². The van der Waals surface area contributed by atoms with Gasteiger partial charge < -0.3 is 25.3 Å². The van der Waals surface area contributed by atoms with Gasteiger partial charge in [0, 0.05) is 6.07 Å². The third kappa shape index (κ3) is 6.31. The van der Waals surface area contributed by atoms with Crippen molar-refractivity contribution in [3.8, 4) is 23.0 Å². The fraction of sp³-hybridized carbons (Fsp3) is 0. The summed E-state index contributed by atoms with van der Waals surface area (Å²) in [5.74, 6) is 2.91. The van der Waals surface area contributed by atoms with Crippen molar-refractivity contribution in [2.45, 2.75) is 0 Å². The van der Waals surface area contributed by atoms with Gasteiger partial charge in [0.2, 0.25) is 0 Å². The fourth-order valence-corrected chi connectivity index (χ4v) is 2.24. The van der Waals surface area contributed by atoms with Crippen LogP contribution in [0, 0.1) is 10.1 Å². The summed E-state index contributed by atoms with van der Waals surface area (Å²) >= 11 is 0. The minimum absolute atomic E-state index is 0.194. The first kappa shape index (κ1) is 20.3. The number of benzene rings is 2. The summed E-state index contributed by atoms with van der Waals surface area (Å²) < 4.78 is 10.9. The van der Waals surface area contributed by atoms with E-state index in [0.717, 1.165) is 5.75 Å². The predicted octanol–water partition coefficient (Wildman–Crippen LogP) is 5.24. The zero-order valence-corrected chi connectivity index (χ0v) is 15.8. The van der Waals surface area contributed by atoms with Crippen LogP contribution in [-0.2, 0) is 0 Å². The van der Waals surface area contributed by atoms with Gasteiger partial charge in [-0.05, 0) is 52.4 Å². The van der Waals surface area contributed by atoms with Crippen molar-refractivity contribution in [1.82, 2.24) is 9.97 Å². The molecule has 0 bridgehead atoms. The second kappa shape index (κ2) is 10.2. The Balaban J connectivity index is 0.000000172. The molecule has 2 heterocycles. The molecule has 2 N–H and O–H groups in total. The second-order valence-corrected chi connectivity index (χ2v) is 5.86. The number of pyridine rings is 2. The van der Waals surface area contributed by atoms with Crippen LogP contribution in [0.1, 0.15) is 0 Å². The molecule has 8 heteroatoms. The predicted molar refractivity (Wildman–Crippen MR) is 113 cm³/mol. The van der Waals surface area contributed by atoms with Crippen LogP contribution in [0.25, 0.3) is 0 Å². The third-order valence-corrected chi connectivity index (χ3v) is 3.62. The molecule has 0 saturated carbocycles. The minimum atomic E-state index is -0.549. The molecular formula is C22H18N4O4. The summed E-state index contributed by atoms with van der Waals surface area (Å²) in [4.78, 5) is 17.4. The first-order valence-electron chi connectivity index (χ1n) is 8.88. The van der Waals surface area contributed by atoms with Crippen LogP contribution in [0.3, 0.4) is 0 Å². The Bertz CT molecular complexity index is 1060. The monoisotopic (exact) mass is 402 g/mol. The number of hydrogen-bond acceptors (Lipinski definition) is 7. The van der Waals surface area contributed by atoms with Crippen molar-refractivity contribution >= 4 is 11.6 Å². The average Bonchev–Trinajstić information content (AvgIpc) is 2.78. The summed E-state index contributed by atoms with van der Waals surface area (Å²) in [6.07, 6.45) is 2.92. The first-order chi connectivity index (χ1) is 14.6. The van der Waals surface area contributed by atoms with Gasteiger partial charge in [0.25, 0.3) is 0 Å². The van der Waals surface area contributed by atoms with E-state index >= 15 is 0 Å². The maximum atomic E-state index is 10.4. The summed E-state index contributed by atoms with van der Waals surface area (Å²) in [6.45, 7) is 0. The third-order valence-electron chi connectivity index (χ3n) is 3.62. The van der Waals surface area contributed by atoms with Gasteiger partial charge in [-0.3, -0.25) is 0 Å². The van der Waals surface area contributed by atoms with Crippen molar-refractivity contribution in [2.24, 2.45) is 0 Å². The van der Waals surface area contributed by atoms with Crippen LogP contribution in [0.5, 0.6) is 23.0 Å². The van der Waals surface area contributed by atoms with E-state index in [1.54, 1.807) is 30.5 Å². The molecule has 0 fully saturated rings. The summed E-state index contributed by atoms with van der Waals surface area (Å²) in [5, 5.41) is 10.4. The SMILES string of the molecule is Nc1ccc(Oc2ccccc2)cn1.O=[N+]([O-])c1ccc(Oc2ccccc2)cn1. The molecule has 0 aliphatic carbocycles. The molecule has 0 radical (unpaired) electrons. The largest absolute Gasteiger partial charge is 0.456 e. The number of rotatable bonds is 5. The number of ether oxygens (including phenoxy) is 2. The van der Waals surface area contributed by atoms with Gasteiger partial charge in [-0.15, -0.1) is 0 Å². The Morgan fingerprint density at radius 2 is 1.17 bits per heavy atom. The van der Waals surface area contributed by atoms with Crippen molar-refractivity contribution in [3.05, 3.63) is 107 Å². The number of anilines is 1. The van der Waals surface area contributed by atoms with Crippen molar-refractivity contribution in [2.75, 3.05) is 5.73 Å². The summed E-state index contributed by atoms with van der Waals surface area (Å²) in [6, 6.07) is 25.0. The van der Waals surface area contributed by atoms with Crippen LogP contribution in [-0.4, -0.2) is 14.9 Å². The highest BCUT2D eigenvalue weighted by atomic mass is 16.6. The molecule has 2 aromatic carbocycles. The van der Waals surface area contributed by atoms with Crippen LogP contribution >= 0.6 is 0 Å². The zero-order valence-electron chi connectivity index (χ0n) is 15.8. The molecule has 150 valence electrons. The molecule has 0 unspecified atom stereocenters. The zero-order chi connectivity index (χ0) is 21.2. The smallest absolute Gasteiger partial charge is 0.363 e. The van der Waals surface area contributed by atoms with Crippen molar-refractivity contribution in [3.63, 3.8) is 0 Å². The molecular weight excluding hydrogens is 384 g/mol. The number of para-hydroxylation sites is 2. The number of hydrogen-bond donors (Lipinski definition) is 1. The number of nitrogens with zero attached hydrogens (tertiary/aromatic N) is 3. The van der Waals surface area contributed by atoms with Gasteiger partial charge in [-0.25, -0.2) is 4.98 Å². The lowest BCUT2D eigenvalue weighted by Gasteiger charge is -2.04. The highest BCUT2D eigenvalue weighted by Crippen LogP contribution is 2.21. The number of nitrogen functional groups attached to an aromatic ring is 1. The van der Waals surface area contributed by atoms with Crippen molar-refractivity contribution < 1.29 is 14.4 Å². The van der Waals surface area contributed by atoms with Crippen LogP contribution < -0.4 is 15.2 Å². The van der Waals surface area contributed by atoms with E-state index < -0.39 is 4.92 Å². The fourth-order valence-electron chi connectivity index (χ4n) is 2.24. The molecule has 0 spiro atoms. The Morgan fingerprint density at radius 3 is 1.57 bits per heavy atom. The van der Waals surface area contributed by atoms with Gasteiger partial charge in [0.15, 0.2) is 11.9 Å². The molecule has 30 heavy (non-hydrogen) atoms. The molecule has 2 aromatic heterocycles. The number of aromatic nitrogens is 2. The van der Waals surface area contributed by atoms with Gasteiger partial charge in [-0.2, -0.15) is 0 Å². The Labute approximate surface area is 172 Å². The highest BCUT2D eigenvalue weighted by molar-refractivity contribution is 5.35. The second-order valence-electron chi connectivity index (χ2n) is 5.86. The molecule has 0 amide bonds. The summed E-state index contributed by atoms with van der Waals surface area (Å²) in [7, 11) is 0. The van der Waals surface area contributed by atoms with Gasteiger partial charge in [0.05, 0.1) is 6.20 Å². The van der Waals surface area contributed by atoms with E-state index in [1.807, 2.05) is 48.5 Å². The van der Waals surface area contributed by atoms with Crippen molar-refractivity contribution in [1.29, 1.82) is 0 Å². The van der Waals surface area contributed by atoms with E-state index in [9.17, 15) is 10.1 Å². The first-order valence-corrected chi connectivity index (χ1v) is 8.88. The lowest BCUT2D eigenvalue weighted by Crippen LogP contribution is -1.91. The van der Waals surface area contributed by atoms with E-state index in [4.69, 9.17) is 15.2 Å². The standard InChI is InChI=1S/C11H8N2O3.C11H10N2O/c14-13(15)11-7-6-10(8-12-11)16-9-4-2-1-3-5-9;12-11-7-6-10(8-13-11)14-9-4-2-1-3-5-9/h1-8H;1-8H,(H2,12,13). The molecule has 0 aliphatic heterocycles. The molecule has 0 aliphatic rings. The topological polar surface area (TPSA) is 113 Å². The quantitative estimate of drug-likeness (QED) is 0.359. The number of nitro groups is 1. The molecule has 0 atom stereocenters. The number of nitrogens with two attached hydrogens (primary N) is 1. The maximum absolute atomic E-state index is 10.4. The Kier molecular flexibility index (Phi) is 6.88. The van der Waals surface area contributed by atoms with Gasteiger partial charge in [-0.1, -0.05) is 36.4 Å². The molecule has 8 nitrogen and oxygen atoms in total. The van der Waals surface area contributed by atoms with Gasteiger partial charge in [0.1, 0.15) is 23.1 Å². The van der Waals surface area contributed by atoms with Crippen LogP contribution in [0.4, 0.5) is 11.6 Å². The maximum Gasteiger partial charge on any atom is 0.363 e. The van der Waals surface area contributed by atoms with E-state index in [1.165, 1.54) is 18.3 Å². The van der Waals surface area contributed by atoms with Crippen LogP contribution in [0.2, 0.25) is 0 Å². The minimum Gasteiger partial charge on any atom is -0.456 e. The van der Waals surface area contributed by atoms with E-state index in [-0.39, 0.29) is 5.82 Å². The van der Waals surface area contributed by atoms with E-state index in [0.29, 0.717) is 23.1 Å². The molecule has 0 saturated heterocycles. The molecule has 4 aromatic rings.